The van der Waals surface area contributed by atoms with Crippen LogP contribution in [0.5, 0.6) is 0 Å². The normalized spacial score (nSPS) is 10.9. The predicted octanol–water partition coefficient (Wildman–Crippen LogP) is 3.17. The predicted molar refractivity (Wildman–Crippen MR) is 123 cm³/mol. The molecule has 1 amide bonds. The number of carbonyl (C=O) groups is 1. The minimum absolute atomic E-state index is 0. The molecule has 0 aliphatic rings. The number of carbonyl (C=O) groups excluding carboxylic acids is 1. The van der Waals surface area contributed by atoms with Gasteiger partial charge in [0, 0.05) is 31.9 Å². The number of aryl methyl sites for hydroxylation is 1. The number of aromatic nitrogens is 1. The van der Waals surface area contributed by atoms with Gasteiger partial charge in [-0.3, -0.25) is 9.79 Å². The number of nitrogens with one attached hydrogen (secondary N) is 2. The van der Waals surface area contributed by atoms with Crippen molar-refractivity contribution in [3.63, 3.8) is 0 Å². The molecule has 0 saturated carbocycles. The summed E-state index contributed by atoms with van der Waals surface area (Å²) in [5.41, 5.74) is 2.12. The lowest BCUT2D eigenvalue weighted by Gasteiger charge is -2.21. The summed E-state index contributed by atoms with van der Waals surface area (Å²) in [7, 11) is 1.98. The van der Waals surface area contributed by atoms with Crippen LogP contribution in [-0.4, -0.2) is 41.9 Å². The fourth-order valence-corrected chi connectivity index (χ4v) is 3.02. The first-order valence-electron chi connectivity index (χ1n) is 8.79. The van der Waals surface area contributed by atoms with Gasteiger partial charge in [-0.2, -0.15) is 0 Å². The van der Waals surface area contributed by atoms with Gasteiger partial charge in [0.05, 0.1) is 23.8 Å². The summed E-state index contributed by atoms with van der Waals surface area (Å²) in [5.74, 6) is 0.792. The molecule has 1 aromatic heterocycles. The molecule has 2 N–H and O–H groups in total. The number of amides is 1. The molecule has 2 rings (SSSR count). The molecule has 27 heavy (non-hydrogen) atoms. The molecule has 0 unspecified atom stereocenters. The number of guanidine groups is 1. The Labute approximate surface area is 182 Å². The molecule has 0 aliphatic heterocycles. The quantitative estimate of drug-likeness (QED) is 0.331. The van der Waals surface area contributed by atoms with Crippen LogP contribution in [0.15, 0.2) is 40.7 Å². The third kappa shape index (κ3) is 8.70. The highest BCUT2D eigenvalue weighted by molar-refractivity contribution is 14.0. The topological polar surface area (TPSA) is 69.6 Å². The Kier molecular flexibility index (Phi) is 11.0. The molecule has 0 saturated heterocycles. The van der Waals surface area contributed by atoms with Gasteiger partial charge < -0.3 is 15.5 Å². The van der Waals surface area contributed by atoms with Gasteiger partial charge in [-0.15, -0.1) is 35.3 Å². The van der Waals surface area contributed by atoms with Crippen LogP contribution < -0.4 is 10.6 Å². The molecule has 0 aliphatic carbocycles. The zero-order chi connectivity index (χ0) is 18.8. The van der Waals surface area contributed by atoms with Gasteiger partial charge in [0.1, 0.15) is 0 Å². The summed E-state index contributed by atoms with van der Waals surface area (Å²) in [4.78, 5) is 23.1. The maximum Gasteiger partial charge on any atom is 0.222 e. The maximum atomic E-state index is 12.0. The fraction of sp³-hybridized carbons (Fsp3) is 0.421. The molecule has 0 radical (unpaired) electrons. The van der Waals surface area contributed by atoms with Crippen molar-refractivity contribution < 1.29 is 4.79 Å². The van der Waals surface area contributed by atoms with Crippen molar-refractivity contribution in [2.75, 3.05) is 20.1 Å². The summed E-state index contributed by atoms with van der Waals surface area (Å²) in [6.07, 6.45) is 0.366. The second-order valence-electron chi connectivity index (χ2n) is 5.96. The highest BCUT2D eigenvalue weighted by Gasteiger charge is 2.09. The number of thiazole rings is 1. The average molecular weight is 501 g/mol. The molecule has 2 aromatic rings. The number of aliphatic imine (C=N–C) groups is 1. The van der Waals surface area contributed by atoms with E-state index in [-0.39, 0.29) is 29.9 Å². The van der Waals surface area contributed by atoms with E-state index >= 15 is 0 Å². The molecule has 8 heteroatoms. The average Bonchev–Trinajstić information content (AvgIpc) is 3.04. The first-order chi connectivity index (χ1) is 12.6. The molecule has 0 bridgehead atoms. The van der Waals surface area contributed by atoms with Gasteiger partial charge in [0.2, 0.25) is 5.91 Å². The zero-order valence-corrected chi connectivity index (χ0v) is 19.2. The summed E-state index contributed by atoms with van der Waals surface area (Å²) >= 11 is 1.65. The van der Waals surface area contributed by atoms with Crippen LogP contribution in [-0.2, 0) is 17.9 Å². The second-order valence-corrected chi connectivity index (χ2v) is 7.02. The molecule has 0 fully saturated rings. The Morgan fingerprint density at radius 3 is 2.63 bits per heavy atom. The van der Waals surface area contributed by atoms with Crippen LogP contribution in [0.1, 0.15) is 29.6 Å². The summed E-state index contributed by atoms with van der Waals surface area (Å²) in [6.45, 7) is 6.50. The van der Waals surface area contributed by atoms with Crippen LogP contribution in [0.3, 0.4) is 0 Å². The standard InChI is InChI=1S/C19H27N5OS.HI/c1-4-20-19(24(3)13-17-14-26-15(2)23-17)21-11-10-18(25)22-12-16-8-6-5-7-9-16;/h5-9,14H,4,10-13H2,1-3H3,(H,20,21)(H,22,25);1H. The van der Waals surface area contributed by atoms with Crippen molar-refractivity contribution in [3.8, 4) is 0 Å². The molecule has 1 aromatic carbocycles. The summed E-state index contributed by atoms with van der Waals surface area (Å²) in [6, 6.07) is 9.89. The van der Waals surface area contributed by atoms with Crippen molar-refractivity contribution in [3.05, 3.63) is 52.0 Å². The smallest absolute Gasteiger partial charge is 0.222 e. The Balaban J connectivity index is 0.00000364. The van der Waals surface area contributed by atoms with Gasteiger partial charge in [0.25, 0.3) is 0 Å². The molecule has 1 heterocycles. The number of halogens is 1. The first kappa shape index (κ1) is 23.4. The Morgan fingerprint density at radius 1 is 1.26 bits per heavy atom. The highest BCUT2D eigenvalue weighted by Crippen LogP contribution is 2.09. The van der Waals surface area contributed by atoms with E-state index in [0.29, 0.717) is 26.1 Å². The lowest BCUT2D eigenvalue weighted by Crippen LogP contribution is -2.38. The molecular weight excluding hydrogens is 473 g/mol. The SMILES string of the molecule is CCNC(=NCCC(=O)NCc1ccccc1)N(C)Cc1csc(C)n1.I. The highest BCUT2D eigenvalue weighted by atomic mass is 127. The summed E-state index contributed by atoms with van der Waals surface area (Å²) in [5, 5.41) is 9.31. The summed E-state index contributed by atoms with van der Waals surface area (Å²) < 4.78 is 0. The van der Waals surface area contributed by atoms with Crippen LogP contribution in [0.4, 0.5) is 0 Å². The minimum atomic E-state index is 0. The van der Waals surface area contributed by atoms with E-state index in [0.717, 1.165) is 28.8 Å². The number of benzene rings is 1. The maximum absolute atomic E-state index is 12.0. The van der Waals surface area contributed by atoms with E-state index in [9.17, 15) is 4.79 Å². The largest absolute Gasteiger partial charge is 0.357 e. The van der Waals surface area contributed by atoms with Gasteiger partial charge in [-0.05, 0) is 19.4 Å². The van der Waals surface area contributed by atoms with Gasteiger partial charge in [-0.1, -0.05) is 30.3 Å². The van der Waals surface area contributed by atoms with Crippen LogP contribution in [0, 0.1) is 6.92 Å². The van der Waals surface area contributed by atoms with E-state index < -0.39 is 0 Å². The number of hydrogen-bond donors (Lipinski definition) is 2. The van der Waals surface area contributed by atoms with E-state index in [2.05, 4.69) is 26.0 Å². The Hall–Kier alpha value is -1.68. The lowest BCUT2D eigenvalue weighted by atomic mass is 10.2. The van der Waals surface area contributed by atoms with Crippen molar-refractivity contribution in [1.82, 2.24) is 20.5 Å². The van der Waals surface area contributed by atoms with Crippen molar-refractivity contribution >= 4 is 47.2 Å². The van der Waals surface area contributed by atoms with Gasteiger partial charge in [-0.25, -0.2) is 4.98 Å². The van der Waals surface area contributed by atoms with Crippen molar-refractivity contribution in [2.45, 2.75) is 33.4 Å². The van der Waals surface area contributed by atoms with Gasteiger partial charge in [0.15, 0.2) is 5.96 Å². The third-order valence-electron chi connectivity index (χ3n) is 3.70. The van der Waals surface area contributed by atoms with Crippen LogP contribution in [0.25, 0.3) is 0 Å². The van der Waals surface area contributed by atoms with E-state index in [1.54, 1.807) is 11.3 Å². The van der Waals surface area contributed by atoms with Crippen LogP contribution in [0.2, 0.25) is 0 Å². The third-order valence-corrected chi connectivity index (χ3v) is 4.52. The van der Waals surface area contributed by atoms with Crippen LogP contribution >= 0.6 is 35.3 Å². The number of nitrogens with zero attached hydrogens (tertiary/aromatic N) is 3. The van der Waals surface area contributed by atoms with Gasteiger partial charge >= 0.3 is 0 Å². The van der Waals surface area contributed by atoms with E-state index in [4.69, 9.17) is 0 Å². The molecule has 148 valence electrons. The molecular formula is C19H28IN5OS. The molecule has 6 nitrogen and oxygen atoms in total. The monoisotopic (exact) mass is 501 g/mol. The zero-order valence-electron chi connectivity index (χ0n) is 16.1. The molecule has 0 spiro atoms. The van der Waals surface area contributed by atoms with E-state index in [1.807, 2.05) is 56.1 Å². The van der Waals surface area contributed by atoms with E-state index in [1.165, 1.54) is 0 Å². The fourth-order valence-electron chi connectivity index (χ4n) is 2.42. The lowest BCUT2D eigenvalue weighted by molar-refractivity contribution is -0.121. The second kappa shape index (κ2) is 12.7. The molecule has 0 atom stereocenters. The Morgan fingerprint density at radius 2 is 2.00 bits per heavy atom. The Bertz CT molecular complexity index is 720. The number of hydrogen-bond acceptors (Lipinski definition) is 4. The number of rotatable bonds is 8. The first-order valence-corrected chi connectivity index (χ1v) is 9.67. The van der Waals surface area contributed by atoms with Crippen molar-refractivity contribution in [2.24, 2.45) is 4.99 Å². The van der Waals surface area contributed by atoms with Crippen molar-refractivity contribution in [1.29, 1.82) is 0 Å². The minimum Gasteiger partial charge on any atom is -0.357 e.